The van der Waals surface area contributed by atoms with Gasteiger partial charge in [0.1, 0.15) is 0 Å². The summed E-state index contributed by atoms with van der Waals surface area (Å²) < 4.78 is 0. The van der Waals surface area contributed by atoms with E-state index in [0.717, 1.165) is 25.7 Å². The third kappa shape index (κ3) is 4.97. The highest BCUT2D eigenvalue weighted by molar-refractivity contribution is 5.76. The van der Waals surface area contributed by atoms with Gasteiger partial charge >= 0.3 is 0 Å². The van der Waals surface area contributed by atoms with Crippen LogP contribution in [0.15, 0.2) is 0 Å². The molecule has 0 aromatic carbocycles. The molecule has 94 valence electrons. The number of carbonyl (C=O) groups is 1. The molecular weight excluding hydrogens is 202 g/mol. The Hall–Kier alpha value is -0.570. The van der Waals surface area contributed by atoms with Crippen molar-refractivity contribution in [1.82, 2.24) is 5.32 Å². The summed E-state index contributed by atoms with van der Waals surface area (Å²) in [5, 5.41) is 13.1. The molecule has 1 rings (SSSR count). The Labute approximate surface area is 98.6 Å². The minimum Gasteiger partial charge on any atom is -0.388 e. The molecule has 0 aromatic rings. The second kappa shape index (κ2) is 5.17. The first-order chi connectivity index (χ1) is 7.31. The van der Waals surface area contributed by atoms with Gasteiger partial charge in [-0.15, -0.1) is 0 Å². The second-order valence-corrected chi connectivity index (χ2v) is 6.30. The van der Waals surface area contributed by atoms with Gasteiger partial charge in [-0.3, -0.25) is 4.79 Å². The largest absolute Gasteiger partial charge is 0.388 e. The van der Waals surface area contributed by atoms with Crippen LogP contribution in [0.3, 0.4) is 0 Å². The van der Waals surface area contributed by atoms with Crippen molar-refractivity contribution in [3.8, 4) is 0 Å². The molecule has 1 aliphatic rings. The smallest absolute Gasteiger partial charge is 0.220 e. The summed E-state index contributed by atoms with van der Waals surface area (Å²) in [5.41, 5.74) is -0.634. The van der Waals surface area contributed by atoms with E-state index in [2.05, 4.69) is 5.32 Å². The predicted molar refractivity (Wildman–Crippen MR) is 65.1 cm³/mol. The van der Waals surface area contributed by atoms with Gasteiger partial charge in [-0.25, -0.2) is 0 Å². The molecule has 16 heavy (non-hydrogen) atoms. The zero-order valence-electron chi connectivity index (χ0n) is 10.8. The SMILES string of the molecule is CC(C)(C)CC(=O)NCC1(O)CCCCC1. The molecule has 1 aliphatic carbocycles. The molecule has 1 fully saturated rings. The standard InChI is InChI=1S/C13H25NO2/c1-12(2,3)9-11(15)14-10-13(16)7-5-4-6-8-13/h16H,4-10H2,1-3H3,(H,14,15). The first-order valence-corrected chi connectivity index (χ1v) is 6.30. The number of aliphatic hydroxyl groups is 1. The van der Waals surface area contributed by atoms with E-state index in [1.54, 1.807) is 0 Å². The number of nitrogens with one attached hydrogen (secondary N) is 1. The van der Waals surface area contributed by atoms with Crippen LogP contribution >= 0.6 is 0 Å². The fourth-order valence-electron chi connectivity index (χ4n) is 2.19. The molecule has 3 heteroatoms. The zero-order chi connectivity index (χ0) is 12.2. The highest BCUT2D eigenvalue weighted by atomic mass is 16.3. The summed E-state index contributed by atoms with van der Waals surface area (Å²) >= 11 is 0. The van der Waals surface area contributed by atoms with Gasteiger partial charge in [-0.2, -0.15) is 0 Å². The predicted octanol–water partition coefficient (Wildman–Crippen LogP) is 2.23. The van der Waals surface area contributed by atoms with E-state index in [9.17, 15) is 9.90 Å². The number of hydrogen-bond acceptors (Lipinski definition) is 2. The van der Waals surface area contributed by atoms with Crippen LogP contribution < -0.4 is 5.32 Å². The van der Waals surface area contributed by atoms with Crippen molar-refractivity contribution in [2.24, 2.45) is 5.41 Å². The summed E-state index contributed by atoms with van der Waals surface area (Å²) in [7, 11) is 0. The van der Waals surface area contributed by atoms with Crippen LogP contribution in [-0.2, 0) is 4.79 Å². The summed E-state index contributed by atoms with van der Waals surface area (Å²) in [4.78, 5) is 11.6. The van der Waals surface area contributed by atoms with Crippen molar-refractivity contribution in [2.45, 2.75) is 64.9 Å². The summed E-state index contributed by atoms with van der Waals surface area (Å²) in [5.74, 6) is 0.0477. The maximum Gasteiger partial charge on any atom is 0.220 e. The number of rotatable bonds is 3. The molecule has 0 spiro atoms. The highest BCUT2D eigenvalue weighted by Gasteiger charge is 2.29. The molecule has 1 saturated carbocycles. The van der Waals surface area contributed by atoms with Crippen molar-refractivity contribution in [2.75, 3.05) is 6.54 Å². The van der Waals surface area contributed by atoms with E-state index in [4.69, 9.17) is 0 Å². The Morgan fingerprint density at radius 1 is 1.25 bits per heavy atom. The molecule has 0 unspecified atom stereocenters. The lowest BCUT2D eigenvalue weighted by atomic mass is 9.84. The fourth-order valence-corrected chi connectivity index (χ4v) is 2.19. The molecule has 0 aliphatic heterocycles. The average molecular weight is 227 g/mol. The van der Waals surface area contributed by atoms with E-state index < -0.39 is 5.60 Å². The molecule has 0 saturated heterocycles. The van der Waals surface area contributed by atoms with E-state index >= 15 is 0 Å². The zero-order valence-corrected chi connectivity index (χ0v) is 10.8. The number of hydrogen-bond donors (Lipinski definition) is 2. The Morgan fingerprint density at radius 3 is 2.31 bits per heavy atom. The van der Waals surface area contributed by atoms with Crippen molar-refractivity contribution in [3.63, 3.8) is 0 Å². The van der Waals surface area contributed by atoms with Crippen LogP contribution in [0.25, 0.3) is 0 Å². The normalized spacial score (nSPS) is 20.5. The maximum atomic E-state index is 11.6. The first kappa shape index (κ1) is 13.5. The Balaban J connectivity index is 2.30. The third-order valence-electron chi connectivity index (χ3n) is 3.09. The average Bonchev–Trinajstić information content (AvgIpc) is 2.14. The van der Waals surface area contributed by atoms with Gasteiger partial charge in [0.15, 0.2) is 0 Å². The van der Waals surface area contributed by atoms with Crippen LogP contribution in [0, 0.1) is 5.41 Å². The highest BCUT2D eigenvalue weighted by Crippen LogP contribution is 2.27. The van der Waals surface area contributed by atoms with Crippen molar-refractivity contribution in [3.05, 3.63) is 0 Å². The number of carbonyl (C=O) groups excluding carboxylic acids is 1. The number of amides is 1. The molecule has 0 bridgehead atoms. The van der Waals surface area contributed by atoms with Crippen molar-refractivity contribution < 1.29 is 9.90 Å². The maximum absolute atomic E-state index is 11.6. The lowest BCUT2D eigenvalue weighted by molar-refractivity contribution is -0.124. The van der Waals surface area contributed by atoms with Crippen LogP contribution in [-0.4, -0.2) is 23.2 Å². The van der Waals surface area contributed by atoms with Crippen LogP contribution in [0.1, 0.15) is 59.3 Å². The van der Waals surface area contributed by atoms with Gasteiger partial charge in [-0.1, -0.05) is 40.0 Å². The quantitative estimate of drug-likeness (QED) is 0.777. The van der Waals surface area contributed by atoms with E-state index in [1.807, 2.05) is 20.8 Å². The summed E-state index contributed by atoms with van der Waals surface area (Å²) in [6.07, 6.45) is 5.52. The van der Waals surface area contributed by atoms with E-state index in [0.29, 0.717) is 13.0 Å². The van der Waals surface area contributed by atoms with E-state index in [1.165, 1.54) is 6.42 Å². The molecule has 0 heterocycles. The molecule has 2 N–H and O–H groups in total. The first-order valence-electron chi connectivity index (χ1n) is 6.30. The monoisotopic (exact) mass is 227 g/mol. The van der Waals surface area contributed by atoms with Crippen LogP contribution in [0.2, 0.25) is 0 Å². The van der Waals surface area contributed by atoms with Crippen molar-refractivity contribution >= 4 is 5.91 Å². The molecule has 0 aromatic heterocycles. The Bertz CT molecular complexity index is 237. The minimum absolute atomic E-state index is 0.0132. The lowest BCUT2D eigenvalue weighted by Crippen LogP contribution is -2.44. The molecule has 0 radical (unpaired) electrons. The van der Waals surface area contributed by atoms with Crippen molar-refractivity contribution in [1.29, 1.82) is 0 Å². The van der Waals surface area contributed by atoms with Gasteiger partial charge in [0.05, 0.1) is 5.60 Å². The summed E-state index contributed by atoms with van der Waals surface area (Å²) in [6, 6.07) is 0. The van der Waals surface area contributed by atoms with Gasteiger partial charge in [-0.05, 0) is 18.3 Å². The lowest BCUT2D eigenvalue weighted by Gasteiger charge is -2.32. The fraction of sp³-hybridized carbons (Fsp3) is 0.923. The van der Waals surface area contributed by atoms with Crippen LogP contribution in [0.5, 0.6) is 0 Å². The Kier molecular flexibility index (Phi) is 4.36. The third-order valence-corrected chi connectivity index (χ3v) is 3.09. The van der Waals surface area contributed by atoms with Gasteiger partial charge in [0, 0.05) is 13.0 Å². The molecule has 1 amide bonds. The van der Waals surface area contributed by atoms with E-state index in [-0.39, 0.29) is 11.3 Å². The van der Waals surface area contributed by atoms with Gasteiger partial charge in [0.2, 0.25) is 5.91 Å². The topological polar surface area (TPSA) is 49.3 Å². The van der Waals surface area contributed by atoms with Gasteiger partial charge < -0.3 is 10.4 Å². The summed E-state index contributed by atoms with van der Waals surface area (Å²) in [6.45, 7) is 6.55. The molecule has 0 atom stereocenters. The van der Waals surface area contributed by atoms with Gasteiger partial charge in [0.25, 0.3) is 0 Å². The minimum atomic E-state index is -0.647. The molecular formula is C13H25NO2. The second-order valence-electron chi connectivity index (χ2n) is 6.30. The Morgan fingerprint density at radius 2 is 1.81 bits per heavy atom. The molecule has 3 nitrogen and oxygen atoms in total. The van der Waals surface area contributed by atoms with Crippen LogP contribution in [0.4, 0.5) is 0 Å².